The molecule has 1 aliphatic carbocycles. The summed E-state index contributed by atoms with van der Waals surface area (Å²) in [5.41, 5.74) is 5.58. The number of nitrogens with zero attached hydrogens (tertiary/aromatic N) is 1. The molecule has 0 unspecified atom stereocenters. The molecular weight excluding hydrogens is 294 g/mol. The van der Waals surface area contributed by atoms with Gasteiger partial charge in [0.05, 0.1) is 5.60 Å². The highest BCUT2D eigenvalue weighted by Gasteiger charge is 2.42. The molecule has 1 saturated carbocycles. The molecule has 1 aliphatic heterocycles. The van der Waals surface area contributed by atoms with Crippen molar-refractivity contribution in [3.63, 3.8) is 0 Å². The van der Waals surface area contributed by atoms with Crippen molar-refractivity contribution in [2.75, 3.05) is 18.9 Å². The van der Waals surface area contributed by atoms with Gasteiger partial charge in [0.2, 0.25) is 10.0 Å². The van der Waals surface area contributed by atoms with Crippen LogP contribution in [0.1, 0.15) is 37.9 Å². The summed E-state index contributed by atoms with van der Waals surface area (Å²) in [5, 5.41) is 3.49. The molecule has 0 bridgehead atoms. The summed E-state index contributed by atoms with van der Waals surface area (Å²) in [6.07, 6.45) is 5.19. The van der Waals surface area contributed by atoms with E-state index < -0.39 is 10.0 Å². The Morgan fingerprint density at radius 1 is 1.48 bits per heavy atom. The average molecular weight is 315 g/mol. The van der Waals surface area contributed by atoms with E-state index in [9.17, 15) is 8.42 Å². The third-order valence-electron chi connectivity index (χ3n) is 4.52. The highest BCUT2D eigenvalue weighted by atomic mass is 32.2. The molecule has 2 heterocycles. The van der Waals surface area contributed by atoms with Gasteiger partial charge in [-0.3, -0.25) is 0 Å². The van der Waals surface area contributed by atoms with Gasteiger partial charge in [0.25, 0.3) is 0 Å². The molecule has 8 heteroatoms. The number of sulfonamides is 1. The monoisotopic (exact) mass is 315 g/mol. The second-order valence-electron chi connectivity index (χ2n) is 6.05. The molecule has 2 fully saturated rings. The van der Waals surface area contributed by atoms with E-state index in [0.29, 0.717) is 19.1 Å². The van der Waals surface area contributed by atoms with Gasteiger partial charge < -0.3 is 15.0 Å². The number of rotatable bonds is 4. The fourth-order valence-corrected chi connectivity index (χ4v) is 4.56. The van der Waals surface area contributed by atoms with Crippen molar-refractivity contribution in [2.24, 2.45) is 5.92 Å². The lowest BCUT2D eigenvalue weighted by Crippen LogP contribution is -2.47. The second kappa shape index (κ2) is 5.26. The van der Waals surface area contributed by atoms with Gasteiger partial charge in [0, 0.05) is 13.2 Å². The minimum absolute atomic E-state index is 0.0144. The lowest BCUT2D eigenvalue weighted by Gasteiger charge is -2.47. The van der Waals surface area contributed by atoms with Crippen molar-refractivity contribution in [1.82, 2.24) is 9.88 Å². The predicted octanol–water partition coefficient (Wildman–Crippen LogP) is 1.19. The topological polar surface area (TPSA) is 107 Å². The summed E-state index contributed by atoms with van der Waals surface area (Å²) < 4.78 is 37.9. The summed E-state index contributed by atoms with van der Waals surface area (Å²) in [6, 6.07) is 0. The summed E-state index contributed by atoms with van der Waals surface area (Å²) in [5.74, 6) is 0.417. The van der Waals surface area contributed by atoms with Crippen LogP contribution in [0.15, 0.2) is 9.42 Å². The first-order chi connectivity index (χ1) is 9.92. The standard InChI is InChI=1S/C13H21N3O4S/c1-9-11(12(14)16-20-9)21(17,18)15-8-10-3-6-19-13(7-10)4-2-5-13/h10,15H,2-8H2,1H3,(H2,14,16)/t10-/m0/s1. The van der Waals surface area contributed by atoms with Gasteiger partial charge in [0.1, 0.15) is 0 Å². The van der Waals surface area contributed by atoms with Crippen LogP contribution in [0, 0.1) is 12.8 Å². The zero-order valence-corrected chi connectivity index (χ0v) is 12.9. The molecule has 0 aromatic carbocycles. The Morgan fingerprint density at radius 3 is 2.81 bits per heavy atom. The highest BCUT2D eigenvalue weighted by molar-refractivity contribution is 7.89. The van der Waals surface area contributed by atoms with Gasteiger partial charge in [-0.15, -0.1) is 0 Å². The van der Waals surface area contributed by atoms with E-state index >= 15 is 0 Å². The number of nitrogen functional groups attached to an aromatic ring is 1. The summed E-state index contributed by atoms with van der Waals surface area (Å²) in [6.45, 7) is 2.65. The predicted molar refractivity (Wildman–Crippen MR) is 76.1 cm³/mol. The zero-order valence-electron chi connectivity index (χ0n) is 12.1. The molecule has 0 amide bonds. The molecule has 1 spiro atoms. The Morgan fingerprint density at radius 2 is 2.24 bits per heavy atom. The minimum Gasteiger partial charge on any atom is -0.380 e. The van der Waals surface area contributed by atoms with Crippen molar-refractivity contribution >= 4 is 15.8 Å². The van der Waals surface area contributed by atoms with Crippen LogP contribution in [0.3, 0.4) is 0 Å². The van der Waals surface area contributed by atoms with Gasteiger partial charge >= 0.3 is 0 Å². The summed E-state index contributed by atoms with van der Waals surface area (Å²) in [4.78, 5) is -0.0482. The van der Waals surface area contributed by atoms with Gasteiger partial charge in [-0.1, -0.05) is 5.16 Å². The summed E-state index contributed by atoms with van der Waals surface area (Å²) >= 11 is 0. The fourth-order valence-electron chi connectivity index (χ4n) is 3.23. The van der Waals surface area contributed by atoms with Gasteiger partial charge in [0.15, 0.2) is 16.5 Å². The maximum atomic E-state index is 12.3. The number of aryl methyl sites for hydroxylation is 1. The molecular formula is C13H21N3O4S. The van der Waals surface area contributed by atoms with Crippen molar-refractivity contribution in [3.8, 4) is 0 Å². The van der Waals surface area contributed by atoms with Crippen molar-refractivity contribution in [3.05, 3.63) is 5.76 Å². The van der Waals surface area contributed by atoms with Gasteiger partial charge in [-0.05, 0) is 44.9 Å². The number of hydrogen-bond donors (Lipinski definition) is 2. The molecule has 2 aliphatic rings. The molecule has 7 nitrogen and oxygen atoms in total. The van der Waals surface area contributed by atoms with E-state index in [1.807, 2.05) is 0 Å². The lowest BCUT2D eigenvalue weighted by molar-refractivity contribution is -0.142. The van der Waals surface area contributed by atoms with Crippen LogP contribution in [-0.2, 0) is 14.8 Å². The smallest absolute Gasteiger partial charge is 0.247 e. The number of aromatic nitrogens is 1. The average Bonchev–Trinajstić information content (AvgIpc) is 2.75. The van der Waals surface area contributed by atoms with E-state index in [-0.39, 0.29) is 22.1 Å². The Hall–Kier alpha value is -1.12. The first kappa shape index (κ1) is 14.8. The van der Waals surface area contributed by atoms with E-state index in [1.54, 1.807) is 0 Å². The number of nitrogens with one attached hydrogen (secondary N) is 1. The van der Waals surface area contributed by atoms with Crippen molar-refractivity contribution in [2.45, 2.75) is 49.5 Å². The van der Waals surface area contributed by atoms with E-state index in [1.165, 1.54) is 13.3 Å². The lowest BCUT2D eigenvalue weighted by atomic mass is 9.72. The van der Waals surface area contributed by atoms with Gasteiger partial charge in [-0.2, -0.15) is 0 Å². The first-order valence-corrected chi connectivity index (χ1v) is 8.76. The van der Waals surface area contributed by atoms with Crippen molar-refractivity contribution < 1.29 is 17.7 Å². The molecule has 21 heavy (non-hydrogen) atoms. The normalized spacial score (nSPS) is 24.9. The third-order valence-corrected chi connectivity index (χ3v) is 6.10. The van der Waals surface area contributed by atoms with Crippen LogP contribution in [-0.4, -0.2) is 32.3 Å². The quantitative estimate of drug-likeness (QED) is 0.864. The maximum absolute atomic E-state index is 12.3. The number of ether oxygens (including phenoxy) is 1. The third kappa shape index (κ3) is 2.79. The van der Waals surface area contributed by atoms with E-state index in [0.717, 1.165) is 25.7 Å². The van der Waals surface area contributed by atoms with Crippen LogP contribution in [0.25, 0.3) is 0 Å². The second-order valence-corrected chi connectivity index (χ2v) is 7.75. The van der Waals surface area contributed by atoms with Gasteiger partial charge in [-0.25, -0.2) is 13.1 Å². The van der Waals surface area contributed by atoms with Crippen LogP contribution in [0.5, 0.6) is 0 Å². The number of hydrogen-bond acceptors (Lipinski definition) is 6. The molecule has 1 saturated heterocycles. The minimum atomic E-state index is -3.68. The zero-order chi connectivity index (χ0) is 15.1. The largest absolute Gasteiger partial charge is 0.380 e. The maximum Gasteiger partial charge on any atom is 0.247 e. The molecule has 1 aromatic rings. The van der Waals surface area contributed by atoms with Crippen LogP contribution >= 0.6 is 0 Å². The SMILES string of the molecule is Cc1onc(N)c1S(=O)(=O)NC[C@H]1CCOC2(CCC2)C1. The molecule has 3 rings (SSSR count). The van der Waals surface area contributed by atoms with E-state index in [2.05, 4.69) is 9.88 Å². The highest BCUT2D eigenvalue weighted by Crippen LogP contribution is 2.44. The Balaban J connectivity index is 1.64. The van der Waals surface area contributed by atoms with Crippen LogP contribution in [0.4, 0.5) is 5.82 Å². The fraction of sp³-hybridized carbons (Fsp3) is 0.769. The van der Waals surface area contributed by atoms with Crippen molar-refractivity contribution in [1.29, 1.82) is 0 Å². The Bertz CT molecular complexity index is 602. The molecule has 0 radical (unpaired) electrons. The molecule has 118 valence electrons. The number of anilines is 1. The Kier molecular flexibility index (Phi) is 3.71. The van der Waals surface area contributed by atoms with Crippen LogP contribution < -0.4 is 10.5 Å². The first-order valence-electron chi connectivity index (χ1n) is 7.27. The molecule has 1 aromatic heterocycles. The molecule has 1 atom stereocenters. The summed E-state index contributed by atoms with van der Waals surface area (Å²) in [7, 11) is -3.68. The Labute approximate surface area is 124 Å². The number of nitrogens with two attached hydrogens (primary N) is 1. The molecule has 3 N–H and O–H groups in total. The van der Waals surface area contributed by atoms with E-state index in [4.69, 9.17) is 15.0 Å². The van der Waals surface area contributed by atoms with Crippen LogP contribution in [0.2, 0.25) is 0 Å².